The number of carboxylic acid groups (broad SMARTS) is 1. The number of hydrogen-bond donors (Lipinski definition) is 1. The zero-order valence-corrected chi connectivity index (χ0v) is 9.00. The van der Waals surface area contributed by atoms with Gasteiger partial charge in [0.15, 0.2) is 5.56 Å². The first-order chi connectivity index (χ1) is 7.34. The Labute approximate surface area is 95.9 Å². The Morgan fingerprint density at radius 3 is 2.19 bits per heavy atom. The number of aromatic carboxylic acids is 1. The Bertz CT molecular complexity index is 500. The minimum Gasteiger partial charge on any atom is -0.477 e. The SMILES string of the molecule is O=C(O)c1c(Br)cc([N+](=O)[O-])cc1[N+](=O)[O-]. The first-order valence-corrected chi connectivity index (χ1v) is 4.49. The molecular formula is C7H3BrN2O6. The molecule has 0 bridgehead atoms. The molecule has 1 aromatic carbocycles. The molecule has 1 rings (SSSR count). The van der Waals surface area contributed by atoms with Gasteiger partial charge in [0.05, 0.1) is 15.9 Å². The van der Waals surface area contributed by atoms with Gasteiger partial charge >= 0.3 is 5.97 Å². The second kappa shape index (κ2) is 4.23. The molecule has 0 saturated heterocycles. The standard InChI is InChI=1S/C7H3BrN2O6/c8-4-1-3(9(13)14)2-5(10(15)16)6(4)7(11)12/h1-2H,(H,11,12). The van der Waals surface area contributed by atoms with Crippen molar-refractivity contribution in [1.82, 2.24) is 0 Å². The van der Waals surface area contributed by atoms with Crippen molar-refractivity contribution in [3.05, 3.63) is 42.4 Å². The smallest absolute Gasteiger partial charge is 0.343 e. The summed E-state index contributed by atoms with van der Waals surface area (Å²) in [7, 11) is 0. The van der Waals surface area contributed by atoms with Crippen molar-refractivity contribution in [3.63, 3.8) is 0 Å². The maximum atomic E-state index is 10.7. The third-order valence-corrected chi connectivity index (χ3v) is 2.30. The van der Waals surface area contributed by atoms with Crippen molar-refractivity contribution in [2.24, 2.45) is 0 Å². The van der Waals surface area contributed by atoms with Crippen LogP contribution in [0.1, 0.15) is 10.4 Å². The number of carboxylic acids is 1. The summed E-state index contributed by atoms with van der Waals surface area (Å²) in [4.78, 5) is 29.9. The maximum Gasteiger partial charge on any atom is 0.343 e. The summed E-state index contributed by atoms with van der Waals surface area (Å²) in [5.41, 5.74) is -1.99. The van der Waals surface area contributed by atoms with E-state index >= 15 is 0 Å². The molecule has 0 saturated carbocycles. The molecule has 0 heterocycles. The molecule has 0 spiro atoms. The largest absolute Gasteiger partial charge is 0.477 e. The van der Waals surface area contributed by atoms with Crippen LogP contribution >= 0.6 is 15.9 Å². The van der Waals surface area contributed by atoms with Crippen molar-refractivity contribution >= 4 is 33.3 Å². The fraction of sp³-hybridized carbons (Fsp3) is 0. The number of benzene rings is 1. The molecule has 0 aliphatic rings. The molecule has 8 nitrogen and oxygen atoms in total. The van der Waals surface area contributed by atoms with E-state index in [0.717, 1.165) is 6.07 Å². The highest BCUT2D eigenvalue weighted by molar-refractivity contribution is 9.10. The van der Waals surface area contributed by atoms with E-state index in [9.17, 15) is 25.0 Å². The first-order valence-electron chi connectivity index (χ1n) is 3.70. The topological polar surface area (TPSA) is 124 Å². The zero-order chi connectivity index (χ0) is 12.5. The lowest BCUT2D eigenvalue weighted by atomic mass is 10.1. The predicted octanol–water partition coefficient (Wildman–Crippen LogP) is 1.96. The lowest BCUT2D eigenvalue weighted by Crippen LogP contribution is -2.05. The van der Waals surface area contributed by atoms with Crippen LogP contribution in [-0.4, -0.2) is 20.9 Å². The van der Waals surface area contributed by atoms with Crippen LogP contribution in [0.25, 0.3) is 0 Å². The molecule has 9 heteroatoms. The van der Waals surface area contributed by atoms with Crippen LogP contribution in [0.15, 0.2) is 16.6 Å². The predicted molar refractivity (Wildman–Crippen MR) is 54.4 cm³/mol. The molecular weight excluding hydrogens is 288 g/mol. The highest BCUT2D eigenvalue weighted by atomic mass is 79.9. The van der Waals surface area contributed by atoms with E-state index in [2.05, 4.69) is 15.9 Å². The fourth-order valence-electron chi connectivity index (χ4n) is 1.04. The molecule has 1 aromatic rings. The Hall–Kier alpha value is -2.03. The van der Waals surface area contributed by atoms with Gasteiger partial charge in [0.1, 0.15) is 0 Å². The van der Waals surface area contributed by atoms with E-state index in [0.29, 0.717) is 6.07 Å². The number of carbonyl (C=O) groups is 1. The Balaban J connectivity index is 3.58. The lowest BCUT2D eigenvalue weighted by molar-refractivity contribution is -0.394. The number of rotatable bonds is 3. The summed E-state index contributed by atoms with van der Waals surface area (Å²) in [5.74, 6) is -1.53. The van der Waals surface area contributed by atoms with Gasteiger partial charge in [0.2, 0.25) is 0 Å². The van der Waals surface area contributed by atoms with Crippen LogP contribution in [0, 0.1) is 20.2 Å². The number of hydrogen-bond acceptors (Lipinski definition) is 5. The lowest BCUT2D eigenvalue weighted by Gasteiger charge is -2.00. The molecule has 1 N–H and O–H groups in total. The van der Waals surface area contributed by atoms with Gasteiger partial charge in [-0.15, -0.1) is 0 Å². The van der Waals surface area contributed by atoms with Crippen molar-refractivity contribution in [2.45, 2.75) is 0 Å². The Morgan fingerprint density at radius 1 is 1.25 bits per heavy atom. The number of nitro benzene ring substituents is 2. The summed E-state index contributed by atoms with van der Waals surface area (Å²) >= 11 is 2.75. The highest BCUT2D eigenvalue weighted by Gasteiger charge is 2.27. The van der Waals surface area contributed by atoms with Crippen LogP contribution < -0.4 is 0 Å². The zero-order valence-electron chi connectivity index (χ0n) is 7.42. The fourth-order valence-corrected chi connectivity index (χ4v) is 1.65. The molecule has 0 aliphatic heterocycles. The van der Waals surface area contributed by atoms with Crippen molar-refractivity contribution in [2.75, 3.05) is 0 Å². The van der Waals surface area contributed by atoms with Gasteiger partial charge in [0, 0.05) is 10.5 Å². The molecule has 0 aromatic heterocycles. The summed E-state index contributed by atoms with van der Waals surface area (Å²) in [6.07, 6.45) is 0. The van der Waals surface area contributed by atoms with Gasteiger partial charge in [-0.25, -0.2) is 4.79 Å². The molecule has 0 unspecified atom stereocenters. The number of non-ortho nitro benzene ring substituents is 1. The number of nitrogens with zero attached hydrogens (tertiary/aromatic N) is 2. The van der Waals surface area contributed by atoms with Crippen LogP contribution in [0.2, 0.25) is 0 Å². The quantitative estimate of drug-likeness (QED) is 0.670. The van der Waals surface area contributed by atoms with E-state index in [-0.39, 0.29) is 4.47 Å². The average molecular weight is 291 g/mol. The van der Waals surface area contributed by atoms with E-state index < -0.39 is 32.8 Å². The van der Waals surface area contributed by atoms with Crippen molar-refractivity contribution < 1.29 is 19.7 Å². The van der Waals surface area contributed by atoms with Gasteiger partial charge in [-0.2, -0.15) is 0 Å². The second-order valence-corrected chi connectivity index (χ2v) is 3.50. The monoisotopic (exact) mass is 290 g/mol. The van der Waals surface area contributed by atoms with Gasteiger partial charge in [-0.3, -0.25) is 20.2 Å². The molecule has 0 amide bonds. The summed E-state index contributed by atoms with van der Waals surface area (Å²) in [6.45, 7) is 0. The molecule has 0 radical (unpaired) electrons. The van der Waals surface area contributed by atoms with Crippen LogP contribution in [0.3, 0.4) is 0 Å². The van der Waals surface area contributed by atoms with Gasteiger partial charge < -0.3 is 5.11 Å². The summed E-state index contributed by atoms with van der Waals surface area (Å²) < 4.78 is -0.207. The minimum absolute atomic E-state index is 0.207. The van der Waals surface area contributed by atoms with Crippen LogP contribution in [0.4, 0.5) is 11.4 Å². The second-order valence-electron chi connectivity index (χ2n) is 2.64. The molecule has 0 fully saturated rings. The van der Waals surface area contributed by atoms with E-state index in [4.69, 9.17) is 5.11 Å². The van der Waals surface area contributed by atoms with Crippen molar-refractivity contribution in [3.8, 4) is 0 Å². The van der Waals surface area contributed by atoms with Crippen molar-refractivity contribution in [1.29, 1.82) is 0 Å². The van der Waals surface area contributed by atoms with E-state index in [1.54, 1.807) is 0 Å². The number of nitro groups is 2. The van der Waals surface area contributed by atoms with Crippen LogP contribution in [0.5, 0.6) is 0 Å². The summed E-state index contributed by atoms with van der Waals surface area (Å²) in [5, 5.41) is 29.7. The van der Waals surface area contributed by atoms with E-state index in [1.807, 2.05) is 0 Å². The third-order valence-electron chi connectivity index (χ3n) is 1.68. The Kier molecular flexibility index (Phi) is 3.18. The molecule has 84 valence electrons. The first kappa shape index (κ1) is 12.0. The minimum atomic E-state index is -1.53. The highest BCUT2D eigenvalue weighted by Crippen LogP contribution is 2.31. The molecule has 0 atom stereocenters. The number of halogens is 1. The maximum absolute atomic E-state index is 10.7. The average Bonchev–Trinajstić information content (AvgIpc) is 2.15. The molecule has 0 aliphatic carbocycles. The summed E-state index contributed by atoms with van der Waals surface area (Å²) in [6, 6.07) is 1.50. The van der Waals surface area contributed by atoms with Gasteiger partial charge in [-0.1, -0.05) is 0 Å². The normalized spacial score (nSPS) is 9.81. The molecule has 16 heavy (non-hydrogen) atoms. The third kappa shape index (κ3) is 2.14. The Morgan fingerprint density at radius 2 is 1.81 bits per heavy atom. The van der Waals surface area contributed by atoms with Gasteiger partial charge in [-0.05, 0) is 15.9 Å². The van der Waals surface area contributed by atoms with Crippen LogP contribution in [-0.2, 0) is 0 Å². The van der Waals surface area contributed by atoms with Gasteiger partial charge in [0.25, 0.3) is 11.4 Å². The van der Waals surface area contributed by atoms with E-state index in [1.165, 1.54) is 0 Å².